The summed E-state index contributed by atoms with van der Waals surface area (Å²) in [5, 5.41) is 3.76. The summed E-state index contributed by atoms with van der Waals surface area (Å²) in [6.07, 6.45) is 5.10. The highest BCUT2D eigenvalue weighted by molar-refractivity contribution is 5.78. The second kappa shape index (κ2) is 2.12. The largest absolute Gasteiger partial charge is 0.276 e. The first-order valence-corrected chi connectivity index (χ1v) is 3.00. The van der Waals surface area contributed by atoms with Crippen LogP contribution in [0, 0.1) is 0 Å². The van der Waals surface area contributed by atoms with Gasteiger partial charge >= 0.3 is 0 Å². The first-order chi connectivity index (χ1) is 5.42. The van der Waals surface area contributed by atoms with Crippen LogP contribution in [0.4, 0.5) is 0 Å². The van der Waals surface area contributed by atoms with Gasteiger partial charge in [0, 0.05) is 0 Å². The first-order valence-electron chi connectivity index (χ1n) is 3.00. The van der Waals surface area contributed by atoms with Crippen molar-refractivity contribution in [1.82, 2.24) is 19.7 Å². The maximum absolute atomic E-state index is 10.3. The summed E-state index contributed by atoms with van der Waals surface area (Å²) in [6, 6.07) is 0. The zero-order valence-corrected chi connectivity index (χ0v) is 5.51. The fourth-order valence-corrected chi connectivity index (χ4v) is 0.871. The molecule has 2 aromatic heterocycles. The molecule has 54 valence electrons. The molecule has 0 radical (unpaired) electrons. The quantitative estimate of drug-likeness (QED) is 0.528. The van der Waals surface area contributed by atoms with Crippen molar-refractivity contribution in [3.05, 3.63) is 18.7 Å². The van der Waals surface area contributed by atoms with Crippen LogP contribution in [0.3, 0.4) is 0 Å². The highest BCUT2D eigenvalue weighted by Gasteiger charge is 1.99. The SMILES string of the molecule is O=Cn1ncc2ncncc21. The lowest BCUT2D eigenvalue weighted by Gasteiger charge is -1.87. The monoisotopic (exact) mass is 148 g/mol. The molecule has 2 heterocycles. The van der Waals surface area contributed by atoms with Crippen molar-refractivity contribution in [2.24, 2.45) is 0 Å². The number of nitrogens with zero attached hydrogens (tertiary/aromatic N) is 4. The Labute approximate surface area is 61.7 Å². The fraction of sp³-hybridized carbons (Fsp3) is 0. The van der Waals surface area contributed by atoms with Gasteiger partial charge in [0.2, 0.25) is 6.41 Å². The van der Waals surface area contributed by atoms with Gasteiger partial charge in [-0.25, -0.2) is 9.97 Å². The van der Waals surface area contributed by atoms with E-state index in [1.165, 1.54) is 17.2 Å². The van der Waals surface area contributed by atoms with Gasteiger partial charge in [-0.1, -0.05) is 0 Å². The van der Waals surface area contributed by atoms with E-state index in [1.54, 1.807) is 6.20 Å². The van der Waals surface area contributed by atoms with Gasteiger partial charge in [0.15, 0.2) is 0 Å². The Bertz CT molecular complexity index is 394. The van der Waals surface area contributed by atoms with E-state index in [1.807, 2.05) is 0 Å². The normalized spacial score (nSPS) is 10.2. The number of rotatable bonds is 1. The van der Waals surface area contributed by atoms with Gasteiger partial charge in [0.05, 0.1) is 12.4 Å². The van der Waals surface area contributed by atoms with Crippen molar-refractivity contribution in [2.45, 2.75) is 0 Å². The van der Waals surface area contributed by atoms with Crippen LogP contribution in [0.5, 0.6) is 0 Å². The summed E-state index contributed by atoms with van der Waals surface area (Å²) in [4.78, 5) is 18.0. The Hall–Kier alpha value is -1.78. The number of carbonyl (C=O) groups excluding carboxylic acids is 1. The van der Waals surface area contributed by atoms with Crippen molar-refractivity contribution < 1.29 is 4.79 Å². The molecule has 0 spiro atoms. The second-order valence-corrected chi connectivity index (χ2v) is 1.99. The minimum atomic E-state index is 0.617. The number of hydrogen-bond acceptors (Lipinski definition) is 4. The molecule has 0 unspecified atom stereocenters. The van der Waals surface area contributed by atoms with Gasteiger partial charge in [0.1, 0.15) is 17.4 Å². The molecule has 0 saturated heterocycles. The van der Waals surface area contributed by atoms with E-state index in [9.17, 15) is 4.79 Å². The average Bonchev–Trinajstić information content (AvgIpc) is 2.47. The fourth-order valence-electron chi connectivity index (χ4n) is 0.871. The van der Waals surface area contributed by atoms with Crippen molar-refractivity contribution in [3.63, 3.8) is 0 Å². The molecule has 0 N–H and O–H groups in total. The smallest absolute Gasteiger partial charge is 0.234 e. The molecule has 0 aliphatic rings. The van der Waals surface area contributed by atoms with E-state index in [0.717, 1.165) is 0 Å². The minimum Gasteiger partial charge on any atom is -0.276 e. The van der Waals surface area contributed by atoms with Crippen LogP contribution in [0.15, 0.2) is 18.7 Å². The lowest BCUT2D eigenvalue weighted by molar-refractivity contribution is 0.542. The van der Waals surface area contributed by atoms with E-state index in [4.69, 9.17) is 0 Å². The molecule has 0 saturated carbocycles. The van der Waals surface area contributed by atoms with E-state index >= 15 is 0 Å². The first kappa shape index (κ1) is 5.96. The van der Waals surface area contributed by atoms with Crippen LogP contribution >= 0.6 is 0 Å². The van der Waals surface area contributed by atoms with Crippen LogP contribution in [-0.2, 0) is 4.79 Å². The summed E-state index contributed by atoms with van der Waals surface area (Å²) in [6.45, 7) is 0. The molecule has 0 aromatic carbocycles. The molecule has 0 amide bonds. The number of hydrogen-bond donors (Lipinski definition) is 0. The third kappa shape index (κ3) is 0.778. The highest BCUT2D eigenvalue weighted by atomic mass is 16.1. The molecule has 5 heteroatoms. The van der Waals surface area contributed by atoms with Gasteiger partial charge in [-0.3, -0.25) is 4.79 Å². The van der Waals surface area contributed by atoms with Crippen LogP contribution in [0.2, 0.25) is 0 Å². The van der Waals surface area contributed by atoms with E-state index in [-0.39, 0.29) is 0 Å². The van der Waals surface area contributed by atoms with Crippen molar-refractivity contribution >= 4 is 17.4 Å². The summed E-state index contributed by atoms with van der Waals surface area (Å²) in [7, 11) is 0. The Morgan fingerprint density at radius 2 is 2.36 bits per heavy atom. The third-order valence-corrected chi connectivity index (χ3v) is 1.37. The topological polar surface area (TPSA) is 60.7 Å². The number of fused-ring (bicyclic) bond motifs is 1. The number of carbonyl (C=O) groups is 1. The standard InChI is InChI=1S/C6H4N4O/c11-4-10-6-2-7-3-8-5(6)1-9-10/h1-4H. The summed E-state index contributed by atoms with van der Waals surface area (Å²) < 4.78 is 1.19. The van der Waals surface area contributed by atoms with Crippen LogP contribution in [0.25, 0.3) is 11.0 Å². The van der Waals surface area contributed by atoms with Gasteiger partial charge in [-0.2, -0.15) is 9.78 Å². The van der Waals surface area contributed by atoms with Gasteiger partial charge in [-0.15, -0.1) is 0 Å². The molecular weight excluding hydrogens is 144 g/mol. The third-order valence-electron chi connectivity index (χ3n) is 1.37. The average molecular weight is 148 g/mol. The molecule has 5 nitrogen and oxygen atoms in total. The van der Waals surface area contributed by atoms with Crippen molar-refractivity contribution in [2.75, 3.05) is 0 Å². The second-order valence-electron chi connectivity index (χ2n) is 1.99. The lowest BCUT2D eigenvalue weighted by Crippen LogP contribution is -1.95. The lowest BCUT2D eigenvalue weighted by atomic mass is 10.5. The molecule has 2 aromatic rings. The summed E-state index contributed by atoms with van der Waals surface area (Å²) in [5.41, 5.74) is 1.30. The molecule has 11 heavy (non-hydrogen) atoms. The predicted molar refractivity (Wildman–Crippen MR) is 37.5 cm³/mol. The Balaban J connectivity index is 2.86. The highest BCUT2D eigenvalue weighted by Crippen LogP contribution is 2.04. The van der Waals surface area contributed by atoms with Crippen LogP contribution in [0.1, 0.15) is 0 Å². The molecule has 0 aliphatic carbocycles. The maximum atomic E-state index is 10.3. The predicted octanol–water partition coefficient (Wildman–Crippen LogP) is -0.135. The molecule has 0 atom stereocenters. The Morgan fingerprint density at radius 3 is 3.18 bits per heavy atom. The van der Waals surface area contributed by atoms with Gasteiger partial charge in [0.25, 0.3) is 0 Å². The molecule has 0 aliphatic heterocycles. The molecular formula is C6H4N4O. The van der Waals surface area contributed by atoms with E-state index in [2.05, 4.69) is 15.1 Å². The number of aromatic nitrogens is 4. The molecule has 2 rings (SSSR count). The van der Waals surface area contributed by atoms with Crippen molar-refractivity contribution in [3.8, 4) is 0 Å². The van der Waals surface area contributed by atoms with Gasteiger partial charge in [-0.05, 0) is 0 Å². The van der Waals surface area contributed by atoms with Crippen LogP contribution in [-0.4, -0.2) is 26.2 Å². The Morgan fingerprint density at radius 1 is 1.45 bits per heavy atom. The van der Waals surface area contributed by atoms with E-state index in [0.29, 0.717) is 17.4 Å². The summed E-state index contributed by atoms with van der Waals surface area (Å²) >= 11 is 0. The summed E-state index contributed by atoms with van der Waals surface area (Å²) in [5.74, 6) is 0. The zero-order chi connectivity index (χ0) is 7.68. The maximum Gasteiger partial charge on any atom is 0.234 e. The van der Waals surface area contributed by atoms with E-state index < -0.39 is 0 Å². The molecule has 0 fully saturated rings. The molecule has 0 bridgehead atoms. The zero-order valence-electron chi connectivity index (χ0n) is 5.51. The van der Waals surface area contributed by atoms with Crippen molar-refractivity contribution in [1.29, 1.82) is 0 Å². The van der Waals surface area contributed by atoms with Crippen LogP contribution < -0.4 is 0 Å². The van der Waals surface area contributed by atoms with Gasteiger partial charge < -0.3 is 0 Å². The Kier molecular flexibility index (Phi) is 1.15. The minimum absolute atomic E-state index is 0.617.